The summed E-state index contributed by atoms with van der Waals surface area (Å²) in [6, 6.07) is 0.321. The van der Waals surface area contributed by atoms with Crippen molar-refractivity contribution < 1.29 is 4.74 Å². The number of aryl methyl sites for hydroxylation is 1. The highest BCUT2D eigenvalue weighted by Gasteiger charge is 2.08. The Morgan fingerprint density at radius 1 is 1.57 bits per heavy atom. The highest BCUT2D eigenvalue weighted by atomic mass is 16.5. The fraction of sp³-hybridized carbons (Fsp3) is 0.700. The molecule has 1 aromatic rings. The molecule has 0 fully saturated rings. The van der Waals surface area contributed by atoms with Gasteiger partial charge in [0.05, 0.1) is 12.3 Å². The van der Waals surface area contributed by atoms with E-state index in [1.54, 1.807) is 7.11 Å². The number of methoxy groups -OCH3 is 1. The third-order valence-electron chi connectivity index (χ3n) is 2.34. The second-order valence-electron chi connectivity index (χ2n) is 3.62. The molecular weight excluding hydrogens is 178 g/mol. The maximum Gasteiger partial charge on any atom is 0.0667 e. The van der Waals surface area contributed by atoms with Crippen LogP contribution in [0.4, 0.5) is 0 Å². The van der Waals surface area contributed by atoms with Gasteiger partial charge < -0.3 is 10.1 Å². The van der Waals surface area contributed by atoms with Crippen LogP contribution in [0.15, 0.2) is 12.4 Å². The zero-order valence-corrected chi connectivity index (χ0v) is 9.32. The van der Waals surface area contributed by atoms with Gasteiger partial charge in [-0.25, -0.2) is 0 Å². The molecule has 0 aliphatic heterocycles. The van der Waals surface area contributed by atoms with Gasteiger partial charge in [0.2, 0.25) is 0 Å². The normalized spacial score (nSPS) is 15.4. The summed E-state index contributed by atoms with van der Waals surface area (Å²) < 4.78 is 6.97. The van der Waals surface area contributed by atoms with Crippen LogP contribution in [0.2, 0.25) is 0 Å². The first-order valence-corrected chi connectivity index (χ1v) is 4.88. The van der Waals surface area contributed by atoms with Crippen LogP contribution in [0.5, 0.6) is 0 Å². The van der Waals surface area contributed by atoms with E-state index < -0.39 is 0 Å². The second kappa shape index (κ2) is 5.12. The number of nitrogens with zero attached hydrogens (tertiary/aromatic N) is 2. The van der Waals surface area contributed by atoms with Crippen LogP contribution in [0.3, 0.4) is 0 Å². The zero-order valence-electron chi connectivity index (χ0n) is 9.32. The van der Waals surface area contributed by atoms with Crippen molar-refractivity contribution in [2.75, 3.05) is 13.7 Å². The maximum atomic E-state index is 5.16. The summed E-state index contributed by atoms with van der Waals surface area (Å²) in [6.45, 7) is 5.02. The van der Waals surface area contributed by atoms with Gasteiger partial charge >= 0.3 is 0 Å². The lowest BCUT2D eigenvalue weighted by atomic mass is 10.2. The number of hydrogen-bond acceptors (Lipinski definition) is 3. The Hall–Kier alpha value is -0.870. The average Bonchev–Trinajstić information content (AvgIpc) is 2.60. The summed E-state index contributed by atoms with van der Waals surface area (Å²) >= 11 is 0. The first-order chi connectivity index (χ1) is 6.63. The second-order valence-corrected chi connectivity index (χ2v) is 3.62. The largest absolute Gasteiger partial charge is 0.380 e. The SMILES string of the molecule is COC(C)CNC(C)c1cnn(C)c1. The highest BCUT2D eigenvalue weighted by Crippen LogP contribution is 2.09. The van der Waals surface area contributed by atoms with Crippen molar-refractivity contribution in [3.05, 3.63) is 18.0 Å². The molecule has 1 rings (SSSR count). The molecule has 0 spiro atoms. The molecule has 0 aliphatic carbocycles. The van der Waals surface area contributed by atoms with E-state index in [1.165, 1.54) is 5.56 Å². The van der Waals surface area contributed by atoms with Gasteiger partial charge in [-0.2, -0.15) is 5.10 Å². The van der Waals surface area contributed by atoms with E-state index in [4.69, 9.17) is 4.74 Å². The molecule has 0 aromatic carbocycles. The molecule has 2 atom stereocenters. The molecule has 0 saturated carbocycles. The number of ether oxygens (including phenoxy) is 1. The first-order valence-electron chi connectivity index (χ1n) is 4.88. The van der Waals surface area contributed by atoms with Gasteiger partial charge in [0.1, 0.15) is 0 Å². The van der Waals surface area contributed by atoms with E-state index in [1.807, 2.05) is 31.0 Å². The van der Waals surface area contributed by atoms with Gasteiger partial charge in [-0.3, -0.25) is 4.68 Å². The van der Waals surface area contributed by atoms with Crippen LogP contribution in [-0.4, -0.2) is 29.5 Å². The molecule has 0 bridgehead atoms. The van der Waals surface area contributed by atoms with Crippen molar-refractivity contribution in [2.24, 2.45) is 7.05 Å². The molecule has 0 amide bonds. The van der Waals surface area contributed by atoms with Gasteiger partial charge in [0, 0.05) is 38.5 Å². The molecule has 0 radical (unpaired) electrons. The van der Waals surface area contributed by atoms with Gasteiger partial charge in [0.15, 0.2) is 0 Å². The first kappa shape index (κ1) is 11.2. The summed E-state index contributed by atoms with van der Waals surface area (Å²) in [4.78, 5) is 0. The Morgan fingerprint density at radius 2 is 2.29 bits per heavy atom. The third kappa shape index (κ3) is 3.12. The molecule has 1 aromatic heterocycles. The van der Waals surface area contributed by atoms with Crippen molar-refractivity contribution in [1.29, 1.82) is 0 Å². The number of hydrogen-bond donors (Lipinski definition) is 1. The van der Waals surface area contributed by atoms with Gasteiger partial charge in [-0.1, -0.05) is 0 Å². The Labute approximate surface area is 85.3 Å². The molecular formula is C10H19N3O. The lowest BCUT2D eigenvalue weighted by molar-refractivity contribution is 0.115. The Kier molecular flexibility index (Phi) is 4.10. The van der Waals surface area contributed by atoms with E-state index in [-0.39, 0.29) is 6.10 Å². The Bertz CT molecular complexity index is 272. The fourth-order valence-electron chi connectivity index (χ4n) is 1.21. The van der Waals surface area contributed by atoms with Crippen molar-refractivity contribution in [3.8, 4) is 0 Å². The quantitative estimate of drug-likeness (QED) is 0.768. The van der Waals surface area contributed by atoms with E-state index in [0.717, 1.165) is 6.54 Å². The summed E-state index contributed by atoms with van der Waals surface area (Å²) in [7, 11) is 3.65. The van der Waals surface area contributed by atoms with E-state index in [0.29, 0.717) is 6.04 Å². The predicted octanol–water partition coefficient (Wildman–Crippen LogP) is 1.11. The molecule has 0 aliphatic rings. The summed E-state index contributed by atoms with van der Waals surface area (Å²) in [5, 5.41) is 7.51. The van der Waals surface area contributed by atoms with Gasteiger partial charge in [-0.15, -0.1) is 0 Å². The van der Waals surface area contributed by atoms with Gasteiger partial charge in [0.25, 0.3) is 0 Å². The van der Waals surface area contributed by atoms with Gasteiger partial charge in [-0.05, 0) is 13.8 Å². The maximum absolute atomic E-state index is 5.16. The fourth-order valence-corrected chi connectivity index (χ4v) is 1.21. The smallest absolute Gasteiger partial charge is 0.0667 e. The molecule has 1 heterocycles. The van der Waals surface area contributed by atoms with Crippen LogP contribution >= 0.6 is 0 Å². The van der Waals surface area contributed by atoms with E-state index in [2.05, 4.69) is 17.3 Å². The minimum atomic E-state index is 0.245. The standard InChI is InChI=1S/C10H19N3O/c1-8(14-4)5-11-9(2)10-6-12-13(3)7-10/h6-9,11H,5H2,1-4H3. The van der Waals surface area contributed by atoms with Crippen LogP contribution < -0.4 is 5.32 Å². The Morgan fingerprint density at radius 3 is 2.79 bits per heavy atom. The lowest BCUT2D eigenvalue weighted by Crippen LogP contribution is -2.28. The van der Waals surface area contributed by atoms with E-state index in [9.17, 15) is 0 Å². The van der Waals surface area contributed by atoms with Crippen molar-refractivity contribution >= 4 is 0 Å². The zero-order chi connectivity index (χ0) is 10.6. The molecule has 0 saturated heterocycles. The predicted molar refractivity (Wildman–Crippen MR) is 56.1 cm³/mol. The summed E-state index contributed by atoms with van der Waals surface area (Å²) in [5.74, 6) is 0. The molecule has 2 unspecified atom stereocenters. The van der Waals surface area contributed by atoms with Crippen molar-refractivity contribution in [1.82, 2.24) is 15.1 Å². The van der Waals surface area contributed by atoms with Crippen LogP contribution in [-0.2, 0) is 11.8 Å². The van der Waals surface area contributed by atoms with Crippen LogP contribution in [0.25, 0.3) is 0 Å². The highest BCUT2D eigenvalue weighted by molar-refractivity contribution is 5.08. The van der Waals surface area contributed by atoms with Crippen LogP contribution in [0, 0.1) is 0 Å². The number of aromatic nitrogens is 2. The third-order valence-corrected chi connectivity index (χ3v) is 2.34. The molecule has 14 heavy (non-hydrogen) atoms. The monoisotopic (exact) mass is 197 g/mol. The number of nitrogens with one attached hydrogen (secondary N) is 1. The van der Waals surface area contributed by atoms with Crippen molar-refractivity contribution in [3.63, 3.8) is 0 Å². The Balaban J connectivity index is 2.39. The average molecular weight is 197 g/mol. The summed E-state index contributed by atoms with van der Waals surface area (Å²) in [5.41, 5.74) is 1.20. The minimum absolute atomic E-state index is 0.245. The van der Waals surface area contributed by atoms with E-state index >= 15 is 0 Å². The topological polar surface area (TPSA) is 39.1 Å². The summed E-state index contributed by atoms with van der Waals surface area (Å²) in [6.07, 6.45) is 4.15. The number of rotatable bonds is 5. The molecule has 4 nitrogen and oxygen atoms in total. The molecule has 4 heteroatoms. The van der Waals surface area contributed by atoms with Crippen molar-refractivity contribution in [2.45, 2.75) is 26.0 Å². The molecule has 1 N–H and O–H groups in total. The lowest BCUT2D eigenvalue weighted by Gasteiger charge is -2.15. The molecule has 80 valence electrons. The minimum Gasteiger partial charge on any atom is -0.380 e. The van der Waals surface area contributed by atoms with Crippen LogP contribution in [0.1, 0.15) is 25.5 Å².